The van der Waals surface area contributed by atoms with Crippen LogP contribution >= 0.6 is 23.4 Å². The highest BCUT2D eigenvalue weighted by Gasteiger charge is 2.51. The molecule has 0 aliphatic heterocycles. The van der Waals surface area contributed by atoms with Crippen LogP contribution in [-0.4, -0.2) is 14.8 Å². The summed E-state index contributed by atoms with van der Waals surface area (Å²) < 4.78 is 16.3. The van der Waals surface area contributed by atoms with Gasteiger partial charge >= 0.3 is 0 Å². The highest BCUT2D eigenvalue weighted by molar-refractivity contribution is 7.98. The molecule has 0 N–H and O–H groups in total. The standard InChI is InChI=1S/C22H27ClFN3S/c1-2-27-20(12-22-9-14-6-15(10-22)8-16(7-14)11-22)25-26-21(27)28-13-17-18(23)4-3-5-19(17)24/h3-5,14-16H,2,6-13H2,1H3. The molecule has 0 amide bonds. The number of aromatic nitrogens is 3. The molecule has 6 heteroatoms. The van der Waals surface area contributed by atoms with Crippen molar-refractivity contribution in [1.82, 2.24) is 14.8 Å². The van der Waals surface area contributed by atoms with Crippen molar-refractivity contribution in [3.8, 4) is 0 Å². The summed E-state index contributed by atoms with van der Waals surface area (Å²) in [6.07, 6.45) is 9.58. The topological polar surface area (TPSA) is 30.7 Å². The predicted molar refractivity (Wildman–Crippen MR) is 111 cm³/mol. The molecule has 3 nitrogen and oxygen atoms in total. The molecule has 1 aromatic carbocycles. The Morgan fingerprint density at radius 1 is 1.14 bits per heavy atom. The van der Waals surface area contributed by atoms with E-state index in [1.807, 2.05) is 0 Å². The van der Waals surface area contributed by atoms with E-state index >= 15 is 0 Å². The molecule has 0 unspecified atom stereocenters. The zero-order valence-corrected chi connectivity index (χ0v) is 17.9. The Bertz CT molecular complexity index is 825. The van der Waals surface area contributed by atoms with Crippen molar-refractivity contribution in [3.05, 3.63) is 40.4 Å². The third-order valence-electron chi connectivity index (χ3n) is 7.22. The molecule has 4 saturated carbocycles. The van der Waals surface area contributed by atoms with E-state index in [4.69, 9.17) is 11.6 Å². The lowest BCUT2D eigenvalue weighted by molar-refractivity contribution is -0.0536. The lowest BCUT2D eigenvalue weighted by atomic mass is 9.49. The number of rotatable bonds is 6. The molecule has 4 aliphatic rings. The fourth-order valence-electron chi connectivity index (χ4n) is 6.52. The van der Waals surface area contributed by atoms with E-state index in [9.17, 15) is 4.39 Å². The molecule has 4 fully saturated rings. The van der Waals surface area contributed by atoms with Crippen LogP contribution in [0, 0.1) is 29.0 Å². The number of hydrogen-bond acceptors (Lipinski definition) is 3. The van der Waals surface area contributed by atoms with E-state index in [1.54, 1.807) is 12.1 Å². The van der Waals surface area contributed by atoms with Crippen molar-refractivity contribution >= 4 is 23.4 Å². The molecule has 28 heavy (non-hydrogen) atoms. The monoisotopic (exact) mass is 419 g/mol. The van der Waals surface area contributed by atoms with Crippen molar-refractivity contribution in [2.75, 3.05) is 0 Å². The van der Waals surface area contributed by atoms with Gasteiger partial charge in [0, 0.05) is 29.3 Å². The molecular weight excluding hydrogens is 393 g/mol. The predicted octanol–water partition coefficient (Wildman–Crippen LogP) is 6.14. The van der Waals surface area contributed by atoms with Gasteiger partial charge in [-0.2, -0.15) is 0 Å². The van der Waals surface area contributed by atoms with Crippen LogP contribution in [0.3, 0.4) is 0 Å². The summed E-state index contributed by atoms with van der Waals surface area (Å²) in [5.41, 5.74) is 0.994. The van der Waals surface area contributed by atoms with Crippen molar-refractivity contribution in [3.63, 3.8) is 0 Å². The normalized spacial score (nSPS) is 30.9. The number of nitrogens with zero attached hydrogens (tertiary/aromatic N) is 3. The summed E-state index contributed by atoms with van der Waals surface area (Å²) in [7, 11) is 0. The lowest BCUT2D eigenvalue weighted by Gasteiger charge is -2.56. The van der Waals surface area contributed by atoms with Crippen molar-refractivity contribution < 1.29 is 4.39 Å². The van der Waals surface area contributed by atoms with Gasteiger partial charge < -0.3 is 4.57 Å². The van der Waals surface area contributed by atoms with Crippen LogP contribution in [0.1, 0.15) is 56.8 Å². The Morgan fingerprint density at radius 3 is 2.43 bits per heavy atom. The first kappa shape index (κ1) is 18.9. The lowest BCUT2D eigenvalue weighted by Crippen LogP contribution is -2.47. The maximum atomic E-state index is 14.1. The minimum absolute atomic E-state index is 0.253. The van der Waals surface area contributed by atoms with Crippen LogP contribution < -0.4 is 0 Å². The first-order chi connectivity index (χ1) is 13.5. The molecule has 1 aromatic heterocycles. The third kappa shape index (κ3) is 3.39. The quantitative estimate of drug-likeness (QED) is 0.526. The molecule has 4 aliphatic carbocycles. The Balaban J connectivity index is 1.34. The molecule has 6 rings (SSSR count). The molecule has 0 spiro atoms. The van der Waals surface area contributed by atoms with Gasteiger partial charge in [0.25, 0.3) is 0 Å². The summed E-state index contributed by atoms with van der Waals surface area (Å²) in [5.74, 6) is 4.17. The summed E-state index contributed by atoms with van der Waals surface area (Å²) in [6, 6.07) is 4.85. The van der Waals surface area contributed by atoms with Gasteiger partial charge in [-0.05, 0) is 80.8 Å². The molecule has 1 heterocycles. The SMILES string of the molecule is CCn1c(CC23CC4CC(CC(C4)C2)C3)nnc1SCc1c(F)cccc1Cl. The minimum atomic E-state index is -0.253. The first-order valence-corrected chi connectivity index (χ1v) is 11.9. The largest absolute Gasteiger partial charge is 0.306 e. The van der Waals surface area contributed by atoms with Crippen LogP contribution in [0.25, 0.3) is 0 Å². The number of thioether (sulfide) groups is 1. The molecule has 0 atom stereocenters. The van der Waals surface area contributed by atoms with Crippen molar-refractivity contribution in [2.45, 2.75) is 69.3 Å². The molecular formula is C22H27ClFN3S. The average Bonchev–Trinajstić information content (AvgIpc) is 3.01. The number of hydrogen-bond donors (Lipinski definition) is 0. The Labute approximate surface area is 175 Å². The summed E-state index contributed by atoms with van der Waals surface area (Å²) in [5, 5.41) is 10.4. The molecule has 4 bridgehead atoms. The average molecular weight is 420 g/mol. The van der Waals surface area contributed by atoms with E-state index in [1.165, 1.54) is 56.4 Å². The minimum Gasteiger partial charge on any atom is -0.306 e. The second-order valence-electron chi connectivity index (χ2n) is 9.23. The van der Waals surface area contributed by atoms with E-state index in [0.29, 0.717) is 21.8 Å². The number of benzene rings is 1. The van der Waals surface area contributed by atoms with Crippen molar-refractivity contribution in [2.24, 2.45) is 23.2 Å². The van der Waals surface area contributed by atoms with Gasteiger partial charge in [-0.3, -0.25) is 0 Å². The van der Waals surface area contributed by atoms with Crippen LogP contribution in [0.5, 0.6) is 0 Å². The zero-order valence-electron chi connectivity index (χ0n) is 16.3. The van der Waals surface area contributed by atoms with E-state index < -0.39 is 0 Å². The third-order valence-corrected chi connectivity index (χ3v) is 8.56. The van der Waals surface area contributed by atoms with E-state index in [-0.39, 0.29) is 5.82 Å². The Hall–Kier alpha value is -1.07. The van der Waals surface area contributed by atoms with Gasteiger partial charge in [-0.25, -0.2) is 4.39 Å². The summed E-state index contributed by atoms with van der Waals surface area (Å²) >= 11 is 7.71. The van der Waals surface area contributed by atoms with Crippen LogP contribution in [-0.2, 0) is 18.7 Å². The smallest absolute Gasteiger partial charge is 0.191 e. The van der Waals surface area contributed by atoms with Gasteiger partial charge in [0.2, 0.25) is 0 Å². The van der Waals surface area contributed by atoms with Crippen LogP contribution in [0.15, 0.2) is 23.4 Å². The molecule has 0 saturated heterocycles. The van der Waals surface area contributed by atoms with E-state index in [2.05, 4.69) is 21.7 Å². The van der Waals surface area contributed by atoms with Crippen LogP contribution in [0.2, 0.25) is 5.02 Å². The van der Waals surface area contributed by atoms with Gasteiger partial charge in [-0.15, -0.1) is 10.2 Å². The fraction of sp³-hybridized carbons (Fsp3) is 0.636. The Kier molecular flexibility index (Phi) is 4.95. The molecule has 0 radical (unpaired) electrons. The first-order valence-electron chi connectivity index (χ1n) is 10.5. The van der Waals surface area contributed by atoms with E-state index in [0.717, 1.165) is 41.7 Å². The highest BCUT2D eigenvalue weighted by atomic mass is 35.5. The maximum absolute atomic E-state index is 14.1. The second-order valence-corrected chi connectivity index (χ2v) is 10.6. The van der Waals surface area contributed by atoms with Gasteiger partial charge in [0.15, 0.2) is 5.16 Å². The second kappa shape index (κ2) is 7.32. The fourth-order valence-corrected chi connectivity index (χ4v) is 7.89. The highest BCUT2D eigenvalue weighted by Crippen LogP contribution is 2.61. The van der Waals surface area contributed by atoms with Gasteiger partial charge in [-0.1, -0.05) is 29.4 Å². The van der Waals surface area contributed by atoms with Crippen LogP contribution in [0.4, 0.5) is 4.39 Å². The van der Waals surface area contributed by atoms with Gasteiger partial charge in [0.1, 0.15) is 11.6 Å². The number of halogens is 2. The molecule has 150 valence electrons. The maximum Gasteiger partial charge on any atom is 0.191 e. The summed E-state index contributed by atoms with van der Waals surface area (Å²) in [4.78, 5) is 0. The zero-order chi connectivity index (χ0) is 19.3. The van der Waals surface area contributed by atoms with Gasteiger partial charge in [0.05, 0.1) is 0 Å². The Morgan fingerprint density at radius 2 is 1.82 bits per heavy atom. The molecule has 2 aromatic rings. The van der Waals surface area contributed by atoms with Crippen molar-refractivity contribution in [1.29, 1.82) is 0 Å². The summed E-state index contributed by atoms with van der Waals surface area (Å²) in [6.45, 7) is 2.99.